The number of hydrogen-bond acceptors (Lipinski definition) is 4. The quantitative estimate of drug-likeness (QED) is 0.706. The molecule has 8 heteroatoms. The second kappa shape index (κ2) is 5.35. The first kappa shape index (κ1) is 13.0. The largest absolute Gasteiger partial charge is 0.301 e. The maximum absolute atomic E-state index is 11.2. The van der Waals surface area contributed by atoms with E-state index in [1.165, 1.54) is 10.6 Å². The highest BCUT2D eigenvalue weighted by Crippen LogP contribution is 2.19. The van der Waals surface area contributed by atoms with E-state index in [1.807, 2.05) is 0 Å². The third-order valence-electron chi connectivity index (χ3n) is 2.45. The van der Waals surface area contributed by atoms with E-state index in [4.69, 9.17) is 4.55 Å². The predicted octanol–water partition coefficient (Wildman–Crippen LogP) is -0.189. The van der Waals surface area contributed by atoms with Crippen molar-refractivity contribution in [1.82, 2.24) is 4.31 Å². The van der Waals surface area contributed by atoms with Gasteiger partial charge in [-0.2, -0.15) is 4.21 Å². The van der Waals surface area contributed by atoms with Gasteiger partial charge in [-0.15, -0.1) is 0 Å². The Morgan fingerprint density at radius 3 is 2.40 bits per heavy atom. The summed E-state index contributed by atoms with van der Waals surface area (Å²) in [5.41, 5.74) is 0. The maximum atomic E-state index is 11.2. The fourth-order valence-electron chi connectivity index (χ4n) is 1.56. The van der Waals surface area contributed by atoms with Gasteiger partial charge in [0, 0.05) is 13.1 Å². The lowest BCUT2D eigenvalue weighted by atomic mass is 10.00. The molecule has 1 saturated heterocycles. The average molecular weight is 257 g/mol. The van der Waals surface area contributed by atoms with Crippen LogP contribution < -0.4 is 0 Å². The molecule has 0 spiro atoms. The number of piperidine rings is 1. The number of rotatable bonds is 4. The zero-order valence-corrected chi connectivity index (χ0v) is 10.1. The van der Waals surface area contributed by atoms with Crippen molar-refractivity contribution in [2.24, 2.45) is 5.92 Å². The Balaban J connectivity index is 2.33. The van der Waals surface area contributed by atoms with Gasteiger partial charge in [-0.1, -0.05) is 0 Å². The van der Waals surface area contributed by atoms with Crippen LogP contribution in [0.2, 0.25) is 0 Å². The molecule has 0 amide bonds. The normalized spacial score (nSPS) is 22.8. The molecule has 1 fully saturated rings. The van der Waals surface area contributed by atoms with Gasteiger partial charge >= 0.3 is 11.4 Å². The Labute approximate surface area is 92.1 Å². The van der Waals surface area contributed by atoms with Crippen LogP contribution in [0.4, 0.5) is 0 Å². The van der Waals surface area contributed by atoms with Gasteiger partial charge in [0.1, 0.15) is 0 Å². The minimum atomic E-state index is -3.10. The second-order valence-corrected chi connectivity index (χ2v) is 6.26. The van der Waals surface area contributed by atoms with Crippen molar-refractivity contribution in [3.05, 3.63) is 0 Å². The third kappa shape index (κ3) is 4.56. The minimum Gasteiger partial charge on any atom is -0.284 e. The van der Waals surface area contributed by atoms with E-state index in [0.29, 0.717) is 25.9 Å². The van der Waals surface area contributed by atoms with E-state index >= 15 is 0 Å². The molecule has 0 radical (unpaired) electrons. The molecule has 1 aliphatic rings. The molecule has 0 aliphatic carbocycles. The van der Waals surface area contributed by atoms with Crippen molar-refractivity contribution in [1.29, 1.82) is 0 Å². The zero-order chi connectivity index (χ0) is 11.5. The summed E-state index contributed by atoms with van der Waals surface area (Å²) in [4.78, 5) is 0. The lowest BCUT2D eigenvalue weighted by Gasteiger charge is -2.29. The molecule has 90 valence electrons. The molecule has 1 atom stereocenters. The highest BCUT2D eigenvalue weighted by Gasteiger charge is 2.25. The van der Waals surface area contributed by atoms with Crippen molar-refractivity contribution in [2.45, 2.75) is 12.8 Å². The molecule has 0 bridgehead atoms. The molecule has 1 unspecified atom stereocenters. The van der Waals surface area contributed by atoms with Crippen LogP contribution >= 0.6 is 0 Å². The van der Waals surface area contributed by atoms with Crippen LogP contribution in [0.3, 0.4) is 0 Å². The van der Waals surface area contributed by atoms with Gasteiger partial charge in [-0.3, -0.25) is 8.74 Å². The van der Waals surface area contributed by atoms with Crippen molar-refractivity contribution in [3.63, 3.8) is 0 Å². The fraction of sp³-hybridized carbons (Fsp3) is 1.00. The first-order chi connectivity index (χ1) is 6.89. The van der Waals surface area contributed by atoms with E-state index in [-0.39, 0.29) is 12.5 Å². The molecule has 0 aromatic rings. The maximum Gasteiger partial charge on any atom is 0.301 e. The Hall–Kier alpha value is -0.0200. The van der Waals surface area contributed by atoms with Crippen LogP contribution in [0.1, 0.15) is 12.8 Å². The highest BCUT2D eigenvalue weighted by molar-refractivity contribution is 7.88. The molecule has 0 saturated carbocycles. The summed E-state index contributed by atoms with van der Waals surface area (Å²) in [6.07, 6.45) is 2.53. The summed E-state index contributed by atoms with van der Waals surface area (Å²) in [6, 6.07) is 0. The molecular weight excluding hydrogens is 242 g/mol. The van der Waals surface area contributed by atoms with Gasteiger partial charge in [0.15, 0.2) is 0 Å². The molecule has 1 rings (SSSR count). The van der Waals surface area contributed by atoms with Crippen molar-refractivity contribution < 1.29 is 21.4 Å². The predicted molar refractivity (Wildman–Crippen MR) is 55.9 cm³/mol. The monoisotopic (exact) mass is 257 g/mol. The van der Waals surface area contributed by atoms with Crippen molar-refractivity contribution >= 4 is 21.4 Å². The third-order valence-corrected chi connectivity index (χ3v) is 4.09. The zero-order valence-electron chi connectivity index (χ0n) is 8.46. The lowest BCUT2D eigenvalue weighted by Crippen LogP contribution is -2.38. The number of hydrogen-bond donors (Lipinski definition) is 1. The summed E-state index contributed by atoms with van der Waals surface area (Å²) in [7, 11) is -3.10. The van der Waals surface area contributed by atoms with Crippen LogP contribution in [0.15, 0.2) is 0 Å². The lowest BCUT2D eigenvalue weighted by molar-refractivity contribution is 0.187. The van der Waals surface area contributed by atoms with Crippen LogP contribution in [-0.4, -0.2) is 47.4 Å². The van der Waals surface area contributed by atoms with Gasteiger partial charge in [-0.25, -0.2) is 12.7 Å². The summed E-state index contributed by atoms with van der Waals surface area (Å²) in [5, 5.41) is 0. The smallest absolute Gasteiger partial charge is 0.284 e. The Kier molecular flexibility index (Phi) is 4.65. The van der Waals surface area contributed by atoms with Gasteiger partial charge in [-0.05, 0) is 18.8 Å². The molecular formula is C7H15NO5S2. The van der Waals surface area contributed by atoms with Crippen LogP contribution in [0.25, 0.3) is 0 Å². The van der Waals surface area contributed by atoms with Gasteiger partial charge in [0.2, 0.25) is 10.0 Å². The first-order valence-corrected chi connectivity index (χ1v) is 7.47. The number of sulfonamides is 1. The fourth-order valence-corrected chi connectivity index (χ4v) is 2.74. The molecule has 0 aromatic carbocycles. The Morgan fingerprint density at radius 1 is 1.47 bits per heavy atom. The highest BCUT2D eigenvalue weighted by atomic mass is 32.2. The van der Waals surface area contributed by atoms with E-state index in [1.54, 1.807) is 0 Å². The molecule has 6 nitrogen and oxygen atoms in total. The van der Waals surface area contributed by atoms with Crippen molar-refractivity contribution in [3.8, 4) is 0 Å². The molecule has 1 heterocycles. The van der Waals surface area contributed by atoms with Gasteiger partial charge in [0.05, 0.1) is 12.9 Å². The molecule has 1 aliphatic heterocycles. The first-order valence-electron chi connectivity index (χ1n) is 4.59. The van der Waals surface area contributed by atoms with E-state index in [9.17, 15) is 12.6 Å². The molecule has 1 N–H and O–H groups in total. The Morgan fingerprint density at radius 2 is 2.00 bits per heavy atom. The van der Waals surface area contributed by atoms with E-state index in [0.717, 1.165) is 0 Å². The topological polar surface area (TPSA) is 83.9 Å². The van der Waals surface area contributed by atoms with Crippen molar-refractivity contribution in [2.75, 3.05) is 26.0 Å². The van der Waals surface area contributed by atoms with Gasteiger partial charge < -0.3 is 0 Å². The minimum absolute atomic E-state index is 0.166. The van der Waals surface area contributed by atoms with Crippen LogP contribution in [0.5, 0.6) is 0 Å². The number of nitrogens with zero attached hydrogens (tertiary/aromatic N) is 1. The summed E-state index contributed by atoms with van der Waals surface area (Å²) in [5.74, 6) is 0.166. The van der Waals surface area contributed by atoms with E-state index < -0.39 is 21.4 Å². The molecule has 0 aromatic heterocycles. The van der Waals surface area contributed by atoms with Crippen LogP contribution in [0, 0.1) is 5.92 Å². The standard InChI is InChI=1S/C7H15NO5S2/c1-15(11,12)8-4-2-7(3-5-8)6-13-14(9)10/h7H,2-6H2,1H3,(H,9,10). The van der Waals surface area contributed by atoms with Crippen LogP contribution in [-0.2, 0) is 25.6 Å². The summed E-state index contributed by atoms with van der Waals surface area (Å²) in [6.45, 7) is 1.14. The van der Waals surface area contributed by atoms with Gasteiger partial charge in [0.25, 0.3) is 0 Å². The average Bonchev–Trinajstić information content (AvgIpc) is 2.14. The SMILES string of the molecule is CS(=O)(=O)N1CCC(COS(=O)O)CC1. The summed E-state index contributed by atoms with van der Waals surface area (Å²) >= 11 is -2.22. The van der Waals surface area contributed by atoms with E-state index in [2.05, 4.69) is 4.18 Å². The Bertz CT molecular complexity index is 320. The second-order valence-electron chi connectivity index (χ2n) is 3.61. The summed E-state index contributed by atoms with van der Waals surface area (Å²) < 4.78 is 47.0. The molecule has 15 heavy (non-hydrogen) atoms.